The van der Waals surface area contributed by atoms with Crippen molar-refractivity contribution < 1.29 is 5.11 Å². The summed E-state index contributed by atoms with van der Waals surface area (Å²) in [6.45, 7) is 0.663. The zero-order chi connectivity index (χ0) is 13.9. The molecule has 0 amide bonds. The standard InChI is InChI=1S/C15H15N3OS/c16-12-8-17-13-5-6-20-15(13)14(12)18-7-10-3-1-2-4-11(10)9-19/h1-6,8,19H,7,9,16H2,(H,17,18). The van der Waals surface area contributed by atoms with E-state index in [-0.39, 0.29) is 6.61 Å². The van der Waals surface area contributed by atoms with E-state index in [0.717, 1.165) is 27.0 Å². The molecule has 0 atom stereocenters. The van der Waals surface area contributed by atoms with Crippen LogP contribution in [0.5, 0.6) is 0 Å². The molecule has 102 valence electrons. The highest BCUT2D eigenvalue weighted by atomic mass is 32.1. The third-order valence-corrected chi connectivity index (χ3v) is 4.17. The second kappa shape index (κ2) is 5.48. The van der Waals surface area contributed by atoms with Gasteiger partial charge >= 0.3 is 0 Å². The highest BCUT2D eigenvalue weighted by molar-refractivity contribution is 7.17. The fourth-order valence-electron chi connectivity index (χ4n) is 2.18. The van der Waals surface area contributed by atoms with E-state index in [1.54, 1.807) is 17.5 Å². The van der Waals surface area contributed by atoms with Crippen molar-refractivity contribution in [1.29, 1.82) is 0 Å². The van der Waals surface area contributed by atoms with Crippen LogP contribution < -0.4 is 11.1 Å². The number of fused-ring (bicyclic) bond motifs is 1. The number of nitrogens with one attached hydrogen (secondary N) is 1. The molecule has 0 spiro atoms. The summed E-state index contributed by atoms with van der Waals surface area (Å²) in [5, 5.41) is 14.7. The summed E-state index contributed by atoms with van der Waals surface area (Å²) in [7, 11) is 0. The van der Waals surface area contributed by atoms with Gasteiger partial charge in [0.25, 0.3) is 0 Å². The highest BCUT2D eigenvalue weighted by Crippen LogP contribution is 2.32. The molecule has 1 aromatic carbocycles. The van der Waals surface area contributed by atoms with Crippen LogP contribution in [-0.2, 0) is 13.2 Å². The SMILES string of the molecule is Nc1cnc2ccsc2c1NCc1ccccc1CO. The molecule has 0 radical (unpaired) electrons. The number of aliphatic hydroxyl groups is 1. The average Bonchev–Trinajstić information content (AvgIpc) is 2.95. The van der Waals surface area contributed by atoms with Crippen molar-refractivity contribution in [3.05, 3.63) is 53.0 Å². The van der Waals surface area contributed by atoms with Gasteiger partial charge in [0, 0.05) is 6.54 Å². The molecule has 4 nitrogen and oxygen atoms in total. The summed E-state index contributed by atoms with van der Waals surface area (Å²) in [5.74, 6) is 0. The van der Waals surface area contributed by atoms with Gasteiger partial charge in [-0.1, -0.05) is 24.3 Å². The molecule has 0 unspecified atom stereocenters. The fraction of sp³-hybridized carbons (Fsp3) is 0.133. The summed E-state index contributed by atoms with van der Waals surface area (Å²) in [5.41, 5.74) is 10.5. The number of hydrogen-bond donors (Lipinski definition) is 3. The predicted octanol–water partition coefficient (Wildman–Crippen LogP) is 2.98. The second-order valence-electron chi connectivity index (χ2n) is 4.50. The van der Waals surface area contributed by atoms with Crippen molar-refractivity contribution in [3.8, 4) is 0 Å². The lowest BCUT2D eigenvalue weighted by molar-refractivity contribution is 0.280. The summed E-state index contributed by atoms with van der Waals surface area (Å²) in [4.78, 5) is 4.30. The highest BCUT2D eigenvalue weighted by Gasteiger charge is 2.08. The van der Waals surface area contributed by atoms with E-state index in [2.05, 4.69) is 10.3 Å². The summed E-state index contributed by atoms with van der Waals surface area (Å²) in [6.07, 6.45) is 1.68. The minimum absolute atomic E-state index is 0.0398. The third-order valence-electron chi connectivity index (χ3n) is 3.25. The van der Waals surface area contributed by atoms with Gasteiger partial charge in [0.05, 0.1) is 34.4 Å². The van der Waals surface area contributed by atoms with E-state index >= 15 is 0 Å². The maximum atomic E-state index is 9.35. The van der Waals surface area contributed by atoms with Crippen molar-refractivity contribution in [1.82, 2.24) is 4.98 Å². The zero-order valence-electron chi connectivity index (χ0n) is 10.8. The van der Waals surface area contributed by atoms with Gasteiger partial charge in [-0.3, -0.25) is 4.98 Å². The Bertz CT molecular complexity index is 739. The Morgan fingerprint density at radius 3 is 2.80 bits per heavy atom. The van der Waals surface area contributed by atoms with E-state index in [9.17, 15) is 5.11 Å². The average molecular weight is 285 g/mol. The lowest BCUT2D eigenvalue weighted by Gasteiger charge is -2.12. The van der Waals surface area contributed by atoms with E-state index in [1.807, 2.05) is 35.7 Å². The fourth-order valence-corrected chi connectivity index (χ4v) is 3.06. The lowest BCUT2D eigenvalue weighted by Crippen LogP contribution is -2.05. The number of hydrogen-bond acceptors (Lipinski definition) is 5. The first-order valence-corrected chi connectivity index (χ1v) is 7.20. The van der Waals surface area contributed by atoms with Gasteiger partial charge in [-0.25, -0.2) is 0 Å². The molecule has 0 fully saturated rings. The third kappa shape index (κ3) is 2.33. The molecule has 5 heteroatoms. The number of rotatable bonds is 4. The predicted molar refractivity (Wildman–Crippen MR) is 83.7 cm³/mol. The number of aliphatic hydroxyl groups excluding tert-OH is 1. The van der Waals surface area contributed by atoms with Crippen LogP contribution in [0.15, 0.2) is 41.9 Å². The summed E-state index contributed by atoms with van der Waals surface area (Å²) >= 11 is 1.62. The largest absolute Gasteiger partial charge is 0.396 e. The molecule has 3 rings (SSSR count). The molecular formula is C15H15N3OS. The number of nitrogens with zero attached hydrogens (tertiary/aromatic N) is 1. The molecule has 20 heavy (non-hydrogen) atoms. The van der Waals surface area contributed by atoms with Gasteiger partial charge in [-0.2, -0.15) is 0 Å². The summed E-state index contributed by atoms with van der Waals surface area (Å²) < 4.78 is 1.06. The van der Waals surface area contributed by atoms with Crippen LogP contribution in [-0.4, -0.2) is 10.1 Å². The Morgan fingerprint density at radius 2 is 2.00 bits per heavy atom. The Balaban J connectivity index is 1.90. The number of nitrogens with two attached hydrogens (primary N) is 1. The van der Waals surface area contributed by atoms with E-state index < -0.39 is 0 Å². The van der Waals surface area contributed by atoms with Gasteiger partial charge in [0.2, 0.25) is 0 Å². The van der Waals surface area contributed by atoms with Crippen LogP contribution in [0.2, 0.25) is 0 Å². The minimum atomic E-state index is 0.0398. The minimum Gasteiger partial charge on any atom is -0.396 e. The number of pyridine rings is 1. The molecule has 0 aliphatic carbocycles. The number of nitrogen functional groups attached to an aromatic ring is 1. The second-order valence-corrected chi connectivity index (χ2v) is 5.42. The Labute approximate surface area is 120 Å². The molecular weight excluding hydrogens is 270 g/mol. The van der Waals surface area contributed by atoms with Crippen LogP contribution in [0.25, 0.3) is 10.2 Å². The molecule has 0 aliphatic heterocycles. The Hall–Kier alpha value is -2.11. The zero-order valence-corrected chi connectivity index (χ0v) is 11.7. The number of anilines is 2. The van der Waals surface area contributed by atoms with E-state index in [4.69, 9.17) is 5.73 Å². The van der Waals surface area contributed by atoms with E-state index in [0.29, 0.717) is 12.2 Å². The monoisotopic (exact) mass is 285 g/mol. The molecule has 4 N–H and O–H groups in total. The van der Waals surface area contributed by atoms with Crippen LogP contribution in [0.1, 0.15) is 11.1 Å². The maximum Gasteiger partial charge on any atom is 0.0832 e. The first-order valence-electron chi connectivity index (χ1n) is 6.33. The van der Waals surface area contributed by atoms with E-state index in [1.165, 1.54) is 0 Å². The topological polar surface area (TPSA) is 71.2 Å². The van der Waals surface area contributed by atoms with Gasteiger partial charge < -0.3 is 16.2 Å². The van der Waals surface area contributed by atoms with Crippen molar-refractivity contribution in [2.75, 3.05) is 11.1 Å². The molecule has 3 aromatic rings. The number of thiophene rings is 1. The maximum absolute atomic E-state index is 9.35. The van der Waals surface area contributed by atoms with Gasteiger partial charge in [0.15, 0.2) is 0 Å². The molecule has 2 aromatic heterocycles. The van der Waals surface area contributed by atoms with Crippen molar-refractivity contribution in [2.45, 2.75) is 13.2 Å². The van der Waals surface area contributed by atoms with Crippen LogP contribution in [0.4, 0.5) is 11.4 Å². The van der Waals surface area contributed by atoms with Crippen LogP contribution in [0, 0.1) is 0 Å². The lowest BCUT2D eigenvalue weighted by atomic mass is 10.1. The molecule has 0 aliphatic rings. The Kier molecular flexibility index (Phi) is 3.54. The Morgan fingerprint density at radius 1 is 1.20 bits per heavy atom. The van der Waals surface area contributed by atoms with Crippen LogP contribution >= 0.6 is 11.3 Å². The van der Waals surface area contributed by atoms with Crippen molar-refractivity contribution in [2.24, 2.45) is 0 Å². The smallest absolute Gasteiger partial charge is 0.0832 e. The molecule has 0 bridgehead atoms. The van der Waals surface area contributed by atoms with Crippen molar-refractivity contribution >= 4 is 32.9 Å². The molecule has 0 saturated carbocycles. The van der Waals surface area contributed by atoms with Gasteiger partial charge in [0.1, 0.15) is 0 Å². The quantitative estimate of drug-likeness (QED) is 0.689. The van der Waals surface area contributed by atoms with Gasteiger partial charge in [-0.05, 0) is 22.6 Å². The molecule has 0 saturated heterocycles. The van der Waals surface area contributed by atoms with Gasteiger partial charge in [-0.15, -0.1) is 11.3 Å². The van der Waals surface area contributed by atoms with Crippen molar-refractivity contribution in [3.63, 3.8) is 0 Å². The molecule has 2 heterocycles. The number of benzene rings is 1. The number of aromatic nitrogens is 1. The normalized spacial score (nSPS) is 10.8. The van der Waals surface area contributed by atoms with Crippen LogP contribution in [0.3, 0.4) is 0 Å². The first kappa shape index (κ1) is 12.9. The summed E-state index contributed by atoms with van der Waals surface area (Å²) in [6, 6.07) is 9.79. The first-order chi connectivity index (χ1) is 9.79.